The van der Waals surface area contributed by atoms with E-state index in [0.717, 1.165) is 16.8 Å². The van der Waals surface area contributed by atoms with E-state index in [9.17, 15) is 9.90 Å². The highest BCUT2D eigenvalue weighted by atomic mass is 16.3. The molecule has 1 aliphatic heterocycles. The third-order valence-corrected chi connectivity index (χ3v) is 3.81. The molecule has 1 unspecified atom stereocenters. The number of hydrazone groups is 1. The Hall–Kier alpha value is -2.21. The van der Waals surface area contributed by atoms with Crippen molar-refractivity contribution in [3.05, 3.63) is 35.7 Å². The topological polar surface area (TPSA) is 70.2 Å². The summed E-state index contributed by atoms with van der Waals surface area (Å²) in [6, 6.07) is 5.80. The van der Waals surface area contributed by atoms with Crippen LogP contribution in [0, 0.1) is 0 Å². The van der Waals surface area contributed by atoms with E-state index in [1.54, 1.807) is 16.4 Å². The van der Waals surface area contributed by atoms with Crippen molar-refractivity contribution in [1.82, 2.24) is 14.6 Å². The molecule has 0 bridgehead atoms. The summed E-state index contributed by atoms with van der Waals surface area (Å²) in [7, 11) is 0. The summed E-state index contributed by atoms with van der Waals surface area (Å²) in [4.78, 5) is 11.9. The Morgan fingerprint density at radius 1 is 1.27 bits per heavy atom. The summed E-state index contributed by atoms with van der Waals surface area (Å²) in [5, 5.41) is 20.2. The summed E-state index contributed by atoms with van der Waals surface area (Å²) in [5.41, 5.74) is 3.37. The zero-order chi connectivity index (χ0) is 15.9. The molecule has 3 heterocycles. The lowest BCUT2D eigenvalue weighted by atomic mass is 10.0. The minimum absolute atomic E-state index is 0.0421. The number of aliphatic hydroxyl groups excluding tert-OH is 1. The van der Waals surface area contributed by atoms with Gasteiger partial charge < -0.3 is 5.11 Å². The van der Waals surface area contributed by atoms with E-state index in [1.165, 1.54) is 0 Å². The van der Waals surface area contributed by atoms with Crippen molar-refractivity contribution in [2.45, 2.75) is 45.8 Å². The first-order chi connectivity index (χ1) is 10.5. The van der Waals surface area contributed by atoms with Crippen LogP contribution in [0.2, 0.25) is 0 Å². The van der Waals surface area contributed by atoms with Crippen LogP contribution >= 0.6 is 0 Å². The maximum Gasteiger partial charge on any atom is 0.243 e. The average molecular weight is 300 g/mol. The maximum atomic E-state index is 11.9. The first kappa shape index (κ1) is 14.7. The number of fused-ring (bicyclic) bond motifs is 1. The quantitative estimate of drug-likeness (QED) is 0.944. The molecule has 1 amide bonds. The second-order valence-corrected chi connectivity index (χ2v) is 5.88. The number of nitrogens with zero attached hydrogens (tertiary/aromatic N) is 4. The van der Waals surface area contributed by atoms with Crippen molar-refractivity contribution in [2.75, 3.05) is 0 Å². The molecule has 1 aliphatic rings. The van der Waals surface area contributed by atoms with Gasteiger partial charge in [-0.3, -0.25) is 4.79 Å². The van der Waals surface area contributed by atoms with Crippen molar-refractivity contribution in [3.63, 3.8) is 0 Å². The number of hydrogen-bond donors (Lipinski definition) is 1. The van der Waals surface area contributed by atoms with Gasteiger partial charge >= 0.3 is 0 Å². The predicted molar refractivity (Wildman–Crippen MR) is 83.6 cm³/mol. The molecule has 3 rings (SSSR count). The number of pyridine rings is 1. The molecule has 22 heavy (non-hydrogen) atoms. The SMILES string of the molecule is CC(O)c1cc2c(C3=NN(C(C)C)C(=O)CC3)cccn2n1. The van der Waals surface area contributed by atoms with Crippen LogP contribution in [0.3, 0.4) is 0 Å². The van der Waals surface area contributed by atoms with Gasteiger partial charge in [-0.15, -0.1) is 0 Å². The predicted octanol–water partition coefficient (Wildman–Crippen LogP) is 2.12. The zero-order valence-corrected chi connectivity index (χ0v) is 13.0. The fraction of sp³-hybridized carbons (Fsp3) is 0.438. The van der Waals surface area contributed by atoms with Gasteiger partial charge in [-0.25, -0.2) is 9.52 Å². The molecule has 0 saturated carbocycles. The molecule has 0 aromatic carbocycles. The molecule has 2 aromatic rings. The smallest absolute Gasteiger partial charge is 0.243 e. The number of aromatic nitrogens is 2. The van der Waals surface area contributed by atoms with Crippen LogP contribution in [0.15, 0.2) is 29.5 Å². The lowest BCUT2D eigenvalue weighted by Crippen LogP contribution is -2.36. The summed E-state index contributed by atoms with van der Waals surface area (Å²) < 4.78 is 1.75. The Labute approximate surface area is 129 Å². The molecule has 0 aliphatic carbocycles. The van der Waals surface area contributed by atoms with Crippen LogP contribution in [-0.4, -0.2) is 37.4 Å². The lowest BCUT2D eigenvalue weighted by Gasteiger charge is -2.26. The standard InChI is InChI=1S/C16H20N4O2/c1-10(2)20-16(22)7-6-13(18-20)12-5-4-8-19-15(12)9-14(17-19)11(3)21/h4-5,8-11,21H,6-7H2,1-3H3. The van der Waals surface area contributed by atoms with Crippen LogP contribution in [0.1, 0.15) is 51.0 Å². The number of amides is 1. The van der Waals surface area contributed by atoms with E-state index in [-0.39, 0.29) is 11.9 Å². The Morgan fingerprint density at radius 2 is 2.05 bits per heavy atom. The molecule has 1 atom stereocenters. The van der Waals surface area contributed by atoms with Gasteiger partial charge in [-0.2, -0.15) is 10.2 Å². The summed E-state index contributed by atoms with van der Waals surface area (Å²) in [6.45, 7) is 5.60. The van der Waals surface area contributed by atoms with Crippen LogP contribution in [-0.2, 0) is 4.79 Å². The normalized spacial score (nSPS) is 17.2. The average Bonchev–Trinajstić information content (AvgIpc) is 2.91. The fourth-order valence-electron chi connectivity index (χ4n) is 2.65. The van der Waals surface area contributed by atoms with Crippen molar-refractivity contribution < 1.29 is 9.90 Å². The zero-order valence-electron chi connectivity index (χ0n) is 13.0. The van der Waals surface area contributed by atoms with Crippen LogP contribution < -0.4 is 0 Å². The third-order valence-electron chi connectivity index (χ3n) is 3.81. The second-order valence-electron chi connectivity index (χ2n) is 5.88. The summed E-state index contributed by atoms with van der Waals surface area (Å²) in [5.74, 6) is 0.0591. The van der Waals surface area contributed by atoms with Gasteiger partial charge in [-0.1, -0.05) is 0 Å². The molecule has 0 radical (unpaired) electrons. The summed E-state index contributed by atoms with van der Waals surface area (Å²) in [6.07, 6.45) is 2.32. The molecule has 116 valence electrons. The first-order valence-corrected chi connectivity index (χ1v) is 7.53. The third kappa shape index (κ3) is 2.50. The van der Waals surface area contributed by atoms with Crippen LogP contribution in [0.25, 0.3) is 5.52 Å². The largest absolute Gasteiger partial charge is 0.387 e. The van der Waals surface area contributed by atoms with Gasteiger partial charge in [0.15, 0.2) is 0 Å². The van der Waals surface area contributed by atoms with Crippen LogP contribution in [0.5, 0.6) is 0 Å². The highest BCUT2D eigenvalue weighted by Crippen LogP contribution is 2.22. The van der Waals surface area contributed by atoms with E-state index >= 15 is 0 Å². The van der Waals surface area contributed by atoms with Crippen molar-refractivity contribution in [1.29, 1.82) is 0 Å². The number of rotatable bonds is 3. The molecule has 0 fully saturated rings. The Kier molecular flexibility index (Phi) is 3.70. The van der Waals surface area contributed by atoms with Crippen molar-refractivity contribution in [2.24, 2.45) is 5.10 Å². The molecular formula is C16H20N4O2. The highest BCUT2D eigenvalue weighted by molar-refractivity contribution is 6.08. The highest BCUT2D eigenvalue weighted by Gasteiger charge is 2.24. The van der Waals surface area contributed by atoms with E-state index in [1.807, 2.05) is 38.2 Å². The summed E-state index contributed by atoms with van der Waals surface area (Å²) >= 11 is 0. The number of carbonyl (C=O) groups excluding carboxylic acids is 1. The van der Waals surface area contributed by atoms with Crippen LogP contribution in [0.4, 0.5) is 0 Å². The van der Waals surface area contributed by atoms with Gasteiger partial charge in [-0.05, 0) is 39.0 Å². The lowest BCUT2D eigenvalue weighted by molar-refractivity contribution is -0.133. The van der Waals surface area contributed by atoms with Gasteiger partial charge in [0.1, 0.15) is 0 Å². The van der Waals surface area contributed by atoms with Gasteiger partial charge in [0, 0.05) is 30.6 Å². The van der Waals surface area contributed by atoms with E-state index in [4.69, 9.17) is 0 Å². The Morgan fingerprint density at radius 3 is 2.73 bits per heavy atom. The second kappa shape index (κ2) is 5.53. The number of aliphatic hydroxyl groups is 1. The molecule has 0 saturated heterocycles. The first-order valence-electron chi connectivity index (χ1n) is 7.53. The molecule has 0 spiro atoms. The monoisotopic (exact) mass is 300 g/mol. The molecule has 6 heteroatoms. The molecule has 1 N–H and O–H groups in total. The maximum absolute atomic E-state index is 11.9. The van der Waals surface area contributed by atoms with Gasteiger partial charge in [0.25, 0.3) is 0 Å². The fourth-order valence-corrected chi connectivity index (χ4v) is 2.65. The molecular weight excluding hydrogens is 280 g/mol. The van der Waals surface area contributed by atoms with Gasteiger partial charge in [0.2, 0.25) is 5.91 Å². The van der Waals surface area contributed by atoms with E-state index in [0.29, 0.717) is 18.5 Å². The number of carbonyl (C=O) groups is 1. The van der Waals surface area contributed by atoms with Crippen molar-refractivity contribution in [3.8, 4) is 0 Å². The molecule has 6 nitrogen and oxygen atoms in total. The minimum Gasteiger partial charge on any atom is -0.387 e. The van der Waals surface area contributed by atoms with E-state index in [2.05, 4.69) is 10.2 Å². The van der Waals surface area contributed by atoms with E-state index < -0.39 is 6.10 Å². The van der Waals surface area contributed by atoms with Crippen molar-refractivity contribution >= 4 is 17.1 Å². The Balaban J connectivity index is 2.10. The Bertz CT molecular complexity index is 746. The minimum atomic E-state index is -0.616. The molecule has 2 aromatic heterocycles. The van der Waals surface area contributed by atoms with Gasteiger partial charge in [0.05, 0.1) is 23.0 Å². The number of hydrogen-bond acceptors (Lipinski definition) is 4.